The van der Waals surface area contributed by atoms with Crippen molar-refractivity contribution in [2.45, 2.75) is 63.0 Å². The number of fused-ring (bicyclic) bond motifs is 1. The molecule has 1 saturated heterocycles. The molecule has 2 aromatic rings. The number of ether oxygens (including phenoxy) is 1. The fraction of sp³-hybridized carbons (Fsp3) is 0.500. The Morgan fingerprint density at radius 3 is 2.36 bits per heavy atom. The third-order valence-corrected chi connectivity index (χ3v) is 8.28. The first kappa shape index (κ1) is 24.9. The molecule has 194 valence electrons. The predicted octanol–water partition coefficient (Wildman–Crippen LogP) is 5.41. The summed E-state index contributed by atoms with van der Waals surface area (Å²) in [7, 11) is -5.79. The standard InChI is InChI=1S/C26H28F3NO5S/c1-16-15-20(17-11-13-30(14-12-17)25(31)19-5-6-19)8-9-21(16)34-22-10-7-18-3-2-4-23(24(18)22)35-36(32,33)26(27,28)29/h2-4,8-9,15,17,19,22H,5-7,10-14H2,1H3. The Hall–Kier alpha value is -2.75. The minimum absolute atomic E-state index is 0.237. The monoisotopic (exact) mass is 523 g/mol. The lowest BCUT2D eigenvalue weighted by Crippen LogP contribution is -2.38. The Morgan fingerprint density at radius 2 is 1.72 bits per heavy atom. The summed E-state index contributed by atoms with van der Waals surface area (Å²) in [4.78, 5) is 14.3. The van der Waals surface area contributed by atoms with Crippen molar-refractivity contribution in [2.24, 2.45) is 5.92 Å². The van der Waals surface area contributed by atoms with E-state index in [9.17, 15) is 26.4 Å². The number of aryl methyl sites for hydroxylation is 2. The Kier molecular flexibility index (Phi) is 6.43. The van der Waals surface area contributed by atoms with Gasteiger partial charge < -0.3 is 13.8 Å². The van der Waals surface area contributed by atoms with Gasteiger partial charge in [0, 0.05) is 24.6 Å². The van der Waals surface area contributed by atoms with Gasteiger partial charge in [0.05, 0.1) is 0 Å². The fourth-order valence-electron chi connectivity index (χ4n) is 5.19. The third kappa shape index (κ3) is 4.92. The van der Waals surface area contributed by atoms with Crippen molar-refractivity contribution in [1.82, 2.24) is 4.90 Å². The van der Waals surface area contributed by atoms with E-state index in [1.54, 1.807) is 6.07 Å². The Labute approximate surface area is 208 Å². The van der Waals surface area contributed by atoms with Crippen molar-refractivity contribution in [3.05, 3.63) is 58.7 Å². The molecule has 2 aromatic carbocycles. The highest BCUT2D eigenvalue weighted by Gasteiger charge is 2.49. The van der Waals surface area contributed by atoms with Crippen LogP contribution >= 0.6 is 0 Å². The van der Waals surface area contributed by atoms with Crippen molar-refractivity contribution in [3.63, 3.8) is 0 Å². The van der Waals surface area contributed by atoms with Crippen LogP contribution in [0.15, 0.2) is 36.4 Å². The molecular formula is C26H28F3NO5S. The van der Waals surface area contributed by atoms with Gasteiger partial charge in [-0.2, -0.15) is 21.6 Å². The molecule has 1 atom stereocenters. The van der Waals surface area contributed by atoms with Crippen LogP contribution in [-0.2, 0) is 21.3 Å². The molecule has 36 heavy (non-hydrogen) atoms. The van der Waals surface area contributed by atoms with Crippen molar-refractivity contribution in [2.75, 3.05) is 13.1 Å². The van der Waals surface area contributed by atoms with Crippen LogP contribution in [0, 0.1) is 12.8 Å². The molecule has 0 radical (unpaired) electrons. The minimum Gasteiger partial charge on any atom is -0.485 e. The van der Waals surface area contributed by atoms with Crippen molar-refractivity contribution in [1.29, 1.82) is 0 Å². The van der Waals surface area contributed by atoms with Gasteiger partial charge in [-0.05, 0) is 80.2 Å². The van der Waals surface area contributed by atoms with Crippen LogP contribution in [0.5, 0.6) is 11.5 Å². The van der Waals surface area contributed by atoms with Crippen LogP contribution in [0.4, 0.5) is 13.2 Å². The number of carbonyl (C=O) groups excluding carboxylic acids is 1. The Bertz CT molecular complexity index is 1260. The molecule has 5 rings (SSSR count). The number of likely N-dealkylation sites (tertiary alicyclic amines) is 1. The molecule has 1 unspecified atom stereocenters. The van der Waals surface area contributed by atoms with E-state index < -0.39 is 21.7 Å². The number of hydrogen-bond donors (Lipinski definition) is 0. The lowest BCUT2D eigenvalue weighted by Gasteiger charge is -2.32. The van der Waals surface area contributed by atoms with E-state index in [2.05, 4.69) is 10.2 Å². The zero-order valence-electron chi connectivity index (χ0n) is 19.9. The molecule has 2 aliphatic carbocycles. The molecule has 3 aliphatic rings. The number of carbonyl (C=O) groups is 1. The maximum atomic E-state index is 12.9. The molecule has 2 fully saturated rings. The minimum atomic E-state index is -5.79. The molecule has 6 nitrogen and oxygen atoms in total. The second kappa shape index (κ2) is 9.28. The number of hydrogen-bond acceptors (Lipinski definition) is 5. The van der Waals surface area contributed by atoms with E-state index in [0.29, 0.717) is 35.6 Å². The van der Waals surface area contributed by atoms with E-state index in [1.807, 2.05) is 24.0 Å². The van der Waals surface area contributed by atoms with Crippen molar-refractivity contribution >= 4 is 16.0 Å². The van der Waals surface area contributed by atoms with Crippen LogP contribution in [-0.4, -0.2) is 37.8 Å². The number of amides is 1. The predicted molar refractivity (Wildman–Crippen MR) is 126 cm³/mol. The van der Waals surface area contributed by atoms with E-state index in [4.69, 9.17) is 4.74 Å². The molecule has 1 saturated carbocycles. The zero-order valence-corrected chi connectivity index (χ0v) is 20.7. The second-order valence-corrected chi connectivity index (χ2v) is 11.4. The lowest BCUT2D eigenvalue weighted by molar-refractivity contribution is -0.133. The van der Waals surface area contributed by atoms with Crippen LogP contribution < -0.4 is 8.92 Å². The van der Waals surface area contributed by atoms with Gasteiger partial charge in [-0.15, -0.1) is 0 Å². The van der Waals surface area contributed by atoms with Gasteiger partial charge in [-0.3, -0.25) is 4.79 Å². The summed E-state index contributed by atoms with van der Waals surface area (Å²) in [6, 6.07) is 10.4. The number of alkyl halides is 3. The van der Waals surface area contributed by atoms with E-state index in [0.717, 1.165) is 44.3 Å². The topological polar surface area (TPSA) is 72.9 Å². The summed E-state index contributed by atoms with van der Waals surface area (Å²) >= 11 is 0. The molecule has 1 aliphatic heterocycles. The van der Waals surface area contributed by atoms with Gasteiger partial charge in [-0.25, -0.2) is 0 Å². The summed E-state index contributed by atoms with van der Waals surface area (Å²) in [5.74, 6) is 1.11. The average Bonchev–Trinajstić information content (AvgIpc) is 3.60. The van der Waals surface area contributed by atoms with Gasteiger partial charge in [0.15, 0.2) is 0 Å². The molecule has 0 spiro atoms. The SMILES string of the molecule is Cc1cc(C2CCN(C(=O)C3CC3)CC2)ccc1OC1CCc2cccc(OS(=O)(=O)C(F)(F)F)c21. The number of halogens is 3. The molecule has 0 aromatic heterocycles. The number of piperidine rings is 1. The highest BCUT2D eigenvalue weighted by Crippen LogP contribution is 2.43. The van der Waals surface area contributed by atoms with E-state index in [-0.39, 0.29) is 17.6 Å². The molecule has 1 heterocycles. The summed E-state index contributed by atoms with van der Waals surface area (Å²) in [5.41, 5.74) is -2.42. The largest absolute Gasteiger partial charge is 0.534 e. The first-order chi connectivity index (χ1) is 17.0. The number of benzene rings is 2. The summed E-state index contributed by atoms with van der Waals surface area (Å²) < 4.78 is 72.6. The maximum Gasteiger partial charge on any atom is 0.534 e. The van der Waals surface area contributed by atoms with Gasteiger partial charge in [0.25, 0.3) is 0 Å². The molecule has 0 N–H and O–H groups in total. The molecule has 1 amide bonds. The first-order valence-electron chi connectivity index (χ1n) is 12.2. The summed E-state index contributed by atoms with van der Waals surface area (Å²) in [6.45, 7) is 3.44. The van der Waals surface area contributed by atoms with Gasteiger partial charge in [0.2, 0.25) is 5.91 Å². The highest BCUT2D eigenvalue weighted by atomic mass is 32.2. The lowest BCUT2D eigenvalue weighted by atomic mass is 9.88. The van der Waals surface area contributed by atoms with Crippen molar-refractivity contribution in [3.8, 4) is 11.5 Å². The van der Waals surface area contributed by atoms with E-state index in [1.165, 1.54) is 17.7 Å². The van der Waals surface area contributed by atoms with Crippen LogP contribution in [0.25, 0.3) is 0 Å². The summed E-state index contributed by atoms with van der Waals surface area (Å²) in [6.07, 6.45) is 4.24. The third-order valence-electron chi connectivity index (χ3n) is 7.31. The average molecular weight is 524 g/mol. The zero-order chi connectivity index (χ0) is 25.7. The van der Waals surface area contributed by atoms with Crippen molar-refractivity contribution < 1.29 is 35.3 Å². The first-order valence-corrected chi connectivity index (χ1v) is 13.6. The number of nitrogens with zero attached hydrogens (tertiary/aromatic N) is 1. The van der Waals surface area contributed by atoms with E-state index >= 15 is 0 Å². The van der Waals surface area contributed by atoms with Gasteiger partial charge in [0.1, 0.15) is 17.6 Å². The Morgan fingerprint density at radius 1 is 1.00 bits per heavy atom. The fourth-order valence-corrected chi connectivity index (χ4v) is 5.67. The summed E-state index contributed by atoms with van der Waals surface area (Å²) in [5, 5.41) is 0. The molecular weight excluding hydrogens is 495 g/mol. The smallest absolute Gasteiger partial charge is 0.485 e. The van der Waals surface area contributed by atoms with Gasteiger partial charge >= 0.3 is 15.6 Å². The molecule has 0 bridgehead atoms. The maximum absolute atomic E-state index is 12.9. The van der Waals surface area contributed by atoms with Crippen LogP contribution in [0.3, 0.4) is 0 Å². The quantitative estimate of drug-likeness (QED) is 0.374. The van der Waals surface area contributed by atoms with Crippen LogP contribution in [0.1, 0.15) is 66.4 Å². The van der Waals surface area contributed by atoms with Gasteiger partial charge in [-0.1, -0.05) is 24.3 Å². The Balaban J connectivity index is 1.29. The van der Waals surface area contributed by atoms with Crippen LogP contribution in [0.2, 0.25) is 0 Å². The normalized spacial score (nSPS) is 20.8. The molecule has 10 heteroatoms. The number of rotatable bonds is 6. The highest BCUT2D eigenvalue weighted by molar-refractivity contribution is 7.88. The second-order valence-electron chi connectivity index (χ2n) is 9.86.